The number of amides is 1. The molecule has 2 rings (SSSR count). The zero-order chi connectivity index (χ0) is 14.4. The summed E-state index contributed by atoms with van der Waals surface area (Å²) in [5.74, 6) is -0.166. The van der Waals surface area contributed by atoms with Gasteiger partial charge in [-0.25, -0.2) is 4.52 Å². The quantitative estimate of drug-likeness (QED) is 0.774. The third-order valence-corrected chi connectivity index (χ3v) is 2.90. The van der Waals surface area contributed by atoms with E-state index < -0.39 is 0 Å². The second-order valence-corrected chi connectivity index (χ2v) is 4.16. The van der Waals surface area contributed by atoms with E-state index in [1.807, 2.05) is 6.07 Å². The van der Waals surface area contributed by atoms with E-state index in [1.165, 1.54) is 6.20 Å². The third kappa shape index (κ3) is 2.92. The highest BCUT2D eigenvalue weighted by atomic mass is 16.5. The number of methoxy groups -OCH3 is 1. The first-order valence-electron chi connectivity index (χ1n) is 6.20. The lowest BCUT2D eigenvalue weighted by atomic mass is 10.2. The normalized spacial score (nSPS) is 10.4. The fraction of sp³-hybridized carbons (Fsp3) is 0.385. The Morgan fingerprint density at radius 3 is 3.10 bits per heavy atom. The summed E-state index contributed by atoms with van der Waals surface area (Å²) in [6.45, 7) is 1.24. The van der Waals surface area contributed by atoms with Crippen LogP contribution in [0.25, 0.3) is 5.52 Å². The van der Waals surface area contributed by atoms with Crippen molar-refractivity contribution < 1.29 is 9.53 Å². The van der Waals surface area contributed by atoms with E-state index in [1.54, 1.807) is 35.1 Å². The smallest absolute Gasteiger partial charge is 0.257 e. The molecule has 1 amide bonds. The van der Waals surface area contributed by atoms with Gasteiger partial charge < -0.3 is 9.64 Å². The monoisotopic (exact) mass is 273 g/mol. The van der Waals surface area contributed by atoms with Crippen LogP contribution >= 0.6 is 0 Å². The van der Waals surface area contributed by atoms with E-state index >= 15 is 0 Å². The molecule has 0 spiro atoms. The predicted molar refractivity (Wildman–Crippen MR) is 71.0 cm³/mol. The molecule has 0 aromatic carbocycles. The molecular formula is C13H15N5O2. The van der Waals surface area contributed by atoms with Gasteiger partial charge in [-0.3, -0.25) is 9.78 Å². The van der Waals surface area contributed by atoms with E-state index in [0.717, 1.165) is 0 Å². The fourth-order valence-electron chi connectivity index (χ4n) is 1.87. The number of ether oxygens (including phenoxy) is 1. The minimum Gasteiger partial charge on any atom is -0.383 e. The number of nitriles is 1. The van der Waals surface area contributed by atoms with Crippen molar-refractivity contribution >= 4 is 11.4 Å². The van der Waals surface area contributed by atoms with Gasteiger partial charge >= 0.3 is 0 Å². The highest BCUT2D eigenvalue weighted by Crippen LogP contribution is 2.12. The summed E-state index contributed by atoms with van der Waals surface area (Å²) in [4.78, 5) is 18.1. The highest BCUT2D eigenvalue weighted by molar-refractivity contribution is 6.00. The van der Waals surface area contributed by atoms with Gasteiger partial charge in [-0.15, -0.1) is 0 Å². The summed E-state index contributed by atoms with van der Waals surface area (Å²) < 4.78 is 6.59. The summed E-state index contributed by atoms with van der Waals surface area (Å²) in [7, 11) is 1.58. The Hall–Kier alpha value is -2.46. The van der Waals surface area contributed by atoms with Gasteiger partial charge in [-0.05, 0) is 0 Å². The number of fused-ring (bicyclic) bond motifs is 1. The molecule has 7 nitrogen and oxygen atoms in total. The van der Waals surface area contributed by atoms with Crippen molar-refractivity contribution in [1.29, 1.82) is 5.26 Å². The molecule has 0 saturated heterocycles. The summed E-state index contributed by atoms with van der Waals surface area (Å²) in [5.41, 5.74) is 1.13. The molecule has 0 radical (unpaired) electrons. The van der Waals surface area contributed by atoms with Crippen molar-refractivity contribution in [3.8, 4) is 6.07 Å². The van der Waals surface area contributed by atoms with Gasteiger partial charge in [0.05, 0.1) is 42.6 Å². The van der Waals surface area contributed by atoms with E-state index in [4.69, 9.17) is 10.00 Å². The summed E-state index contributed by atoms with van der Waals surface area (Å²) in [6, 6.07) is 2.04. The Kier molecular flexibility index (Phi) is 4.63. The van der Waals surface area contributed by atoms with Crippen LogP contribution in [0.4, 0.5) is 0 Å². The van der Waals surface area contributed by atoms with Crippen LogP contribution in [0.5, 0.6) is 0 Å². The van der Waals surface area contributed by atoms with Crippen molar-refractivity contribution in [2.75, 3.05) is 26.8 Å². The molecule has 0 saturated carbocycles. The number of hydrogen-bond donors (Lipinski definition) is 0. The van der Waals surface area contributed by atoms with Gasteiger partial charge in [0.1, 0.15) is 0 Å². The molecule has 2 heterocycles. The summed E-state index contributed by atoms with van der Waals surface area (Å²) in [6.07, 6.45) is 6.69. The molecule has 2 aromatic heterocycles. The van der Waals surface area contributed by atoms with Gasteiger partial charge in [0.15, 0.2) is 0 Å². The molecule has 2 aromatic rings. The Bertz CT molecular complexity index is 631. The van der Waals surface area contributed by atoms with Crippen LogP contribution in [0.2, 0.25) is 0 Å². The van der Waals surface area contributed by atoms with E-state index in [0.29, 0.717) is 30.8 Å². The zero-order valence-corrected chi connectivity index (χ0v) is 11.2. The Labute approximate surface area is 116 Å². The molecule has 0 atom stereocenters. The molecule has 104 valence electrons. The van der Waals surface area contributed by atoms with E-state index in [-0.39, 0.29) is 12.3 Å². The maximum atomic E-state index is 12.5. The largest absolute Gasteiger partial charge is 0.383 e. The molecule has 0 aliphatic carbocycles. The molecular weight excluding hydrogens is 258 g/mol. The van der Waals surface area contributed by atoms with Crippen LogP contribution in [-0.2, 0) is 4.74 Å². The van der Waals surface area contributed by atoms with Crippen molar-refractivity contribution in [1.82, 2.24) is 19.5 Å². The number of carbonyl (C=O) groups excluding carboxylic acids is 1. The Morgan fingerprint density at radius 2 is 2.35 bits per heavy atom. The maximum absolute atomic E-state index is 12.5. The Balaban J connectivity index is 2.24. The van der Waals surface area contributed by atoms with E-state index in [9.17, 15) is 4.79 Å². The molecule has 0 unspecified atom stereocenters. The van der Waals surface area contributed by atoms with Crippen LogP contribution in [0.3, 0.4) is 0 Å². The van der Waals surface area contributed by atoms with Crippen LogP contribution in [0, 0.1) is 11.3 Å². The molecule has 0 N–H and O–H groups in total. The second kappa shape index (κ2) is 6.63. The first-order valence-corrected chi connectivity index (χ1v) is 6.20. The minimum atomic E-state index is -0.166. The van der Waals surface area contributed by atoms with Crippen molar-refractivity contribution in [3.05, 3.63) is 30.4 Å². The van der Waals surface area contributed by atoms with Crippen molar-refractivity contribution in [2.45, 2.75) is 6.42 Å². The lowest BCUT2D eigenvalue weighted by Crippen LogP contribution is -2.34. The fourth-order valence-corrected chi connectivity index (χ4v) is 1.87. The zero-order valence-electron chi connectivity index (χ0n) is 11.2. The van der Waals surface area contributed by atoms with Gasteiger partial charge in [0, 0.05) is 32.6 Å². The molecule has 0 aliphatic heterocycles. The molecule has 0 bridgehead atoms. The molecule has 7 heteroatoms. The standard InChI is InChI=1S/C13H15N5O2/c1-20-8-7-17(5-2-3-14)13(19)11-9-16-18-6-4-15-10-12(11)18/h4,6,9-10H,2,5,7-8H2,1H3. The molecule has 0 fully saturated rings. The number of carbonyl (C=O) groups is 1. The first-order chi connectivity index (χ1) is 9.77. The lowest BCUT2D eigenvalue weighted by Gasteiger charge is -2.20. The van der Waals surface area contributed by atoms with Crippen molar-refractivity contribution in [2.24, 2.45) is 0 Å². The minimum absolute atomic E-state index is 0.166. The summed E-state index contributed by atoms with van der Waals surface area (Å²) >= 11 is 0. The average molecular weight is 273 g/mol. The van der Waals surface area contributed by atoms with E-state index in [2.05, 4.69) is 10.1 Å². The first kappa shape index (κ1) is 14.0. The lowest BCUT2D eigenvalue weighted by molar-refractivity contribution is 0.0701. The van der Waals surface area contributed by atoms with Crippen LogP contribution in [0.1, 0.15) is 16.8 Å². The molecule has 0 aliphatic rings. The second-order valence-electron chi connectivity index (χ2n) is 4.16. The number of nitrogens with zero attached hydrogens (tertiary/aromatic N) is 5. The third-order valence-electron chi connectivity index (χ3n) is 2.90. The van der Waals surface area contributed by atoms with Crippen molar-refractivity contribution in [3.63, 3.8) is 0 Å². The SMILES string of the molecule is COCCN(CCC#N)C(=O)c1cnn2ccncc12. The topological polar surface area (TPSA) is 83.5 Å². The Morgan fingerprint density at radius 1 is 1.50 bits per heavy atom. The number of aromatic nitrogens is 3. The molecule has 20 heavy (non-hydrogen) atoms. The van der Waals surface area contributed by atoms with Gasteiger partial charge in [-0.1, -0.05) is 0 Å². The average Bonchev–Trinajstić information content (AvgIpc) is 2.91. The number of hydrogen-bond acceptors (Lipinski definition) is 5. The van der Waals surface area contributed by atoms with Gasteiger partial charge in [0.2, 0.25) is 0 Å². The van der Waals surface area contributed by atoms with Crippen LogP contribution < -0.4 is 0 Å². The predicted octanol–water partition coefficient (Wildman–Crippen LogP) is 0.732. The maximum Gasteiger partial charge on any atom is 0.257 e. The number of rotatable bonds is 6. The summed E-state index contributed by atoms with van der Waals surface area (Å²) in [5, 5.41) is 12.8. The van der Waals surface area contributed by atoms with Gasteiger partial charge in [0.25, 0.3) is 5.91 Å². The van der Waals surface area contributed by atoms with Crippen LogP contribution in [-0.4, -0.2) is 52.2 Å². The van der Waals surface area contributed by atoms with Crippen LogP contribution in [0.15, 0.2) is 24.8 Å². The highest BCUT2D eigenvalue weighted by Gasteiger charge is 2.19. The van der Waals surface area contributed by atoms with Gasteiger partial charge in [-0.2, -0.15) is 10.4 Å².